The second-order valence-corrected chi connectivity index (χ2v) is 7.27. The van der Waals surface area contributed by atoms with Gasteiger partial charge in [-0.2, -0.15) is 0 Å². The average molecular weight is 413 g/mol. The molecule has 10 heteroatoms. The maximum Gasteiger partial charge on any atom is 0.191 e. The third kappa shape index (κ3) is 4.16. The van der Waals surface area contributed by atoms with Crippen molar-refractivity contribution in [3.05, 3.63) is 65.5 Å². The van der Waals surface area contributed by atoms with E-state index < -0.39 is 11.6 Å². The molecule has 0 atom stereocenters. The molecule has 148 valence electrons. The highest BCUT2D eigenvalue weighted by molar-refractivity contribution is 7.98. The van der Waals surface area contributed by atoms with Crippen LogP contribution in [0.4, 0.5) is 8.78 Å². The van der Waals surface area contributed by atoms with Crippen LogP contribution >= 0.6 is 11.8 Å². The number of halogens is 2. The molecule has 0 N–H and O–H groups in total. The lowest BCUT2D eigenvalue weighted by molar-refractivity contribution is 0.583. The summed E-state index contributed by atoms with van der Waals surface area (Å²) in [6.07, 6.45) is 0. The van der Waals surface area contributed by atoms with E-state index in [1.807, 2.05) is 38.1 Å². The summed E-state index contributed by atoms with van der Waals surface area (Å²) in [6, 6.07) is 11.1. The van der Waals surface area contributed by atoms with Crippen LogP contribution in [0, 0.1) is 18.6 Å². The molecule has 0 bridgehead atoms. The van der Waals surface area contributed by atoms with Crippen LogP contribution < -0.4 is 0 Å². The Labute approximate surface area is 169 Å². The summed E-state index contributed by atoms with van der Waals surface area (Å²) in [6.45, 7) is 4.46. The van der Waals surface area contributed by atoms with Gasteiger partial charge in [0, 0.05) is 18.2 Å². The normalized spacial score (nSPS) is 11.2. The van der Waals surface area contributed by atoms with Gasteiger partial charge in [0.1, 0.15) is 11.6 Å². The summed E-state index contributed by atoms with van der Waals surface area (Å²) in [7, 11) is 0. The molecule has 4 aromatic rings. The molecule has 0 saturated heterocycles. The fourth-order valence-electron chi connectivity index (χ4n) is 2.87. The second-order valence-electron chi connectivity index (χ2n) is 6.33. The Balaban J connectivity index is 1.53. The maximum atomic E-state index is 13.6. The van der Waals surface area contributed by atoms with Crippen molar-refractivity contribution >= 4 is 11.8 Å². The van der Waals surface area contributed by atoms with Gasteiger partial charge >= 0.3 is 0 Å². The first kappa shape index (κ1) is 19.2. The first-order valence-corrected chi connectivity index (χ1v) is 9.90. The van der Waals surface area contributed by atoms with Crippen molar-refractivity contribution in [3.63, 3.8) is 0 Å². The number of thioether (sulfide) groups is 1. The topological polar surface area (TPSA) is 74.3 Å². The highest BCUT2D eigenvalue weighted by Gasteiger charge is 2.16. The maximum absolute atomic E-state index is 13.6. The largest absolute Gasteiger partial charge is 0.302 e. The van der Waals surface area contributed by atoms with E-state index in [1.165, 1.54) is 28.7 Å². The van der Waals surface area contributed by atoms with Crippen LogP contribution in [0.2, 0.25) is 0 Å². The van der Waals surface area contributed by atoms with Gasteiger partial charge in [0.15, 0.2) is 16.8 Å². The van der Waals surface area contributed by atoms with E-state index in [4.69, 9.17) is 0 Å². The molecule has 2 aromatic carbocycles. The fraction of sp³-hybridized carbons (Fsp3) is 0.211. The lowest BCUT2D eigenvalue weighted by Crippen LogP contribution is -2.01. The predicted molar refractivity (Wildman–Crippen MR) is 105 cm³/mol. The minimum absolute atomic E-state index is 0.340. The fourth-order valence-corrected chi connectivity index (χ4v) is 3.71. The predicted octanol–water partition coefficient (Wildman–Crippen LogP) is 3.82. The average Bonchev–Trinajstić information content (AvgIpc) is 3.32. The molecule has 0 aliphatic heterocycles. The van der Waals surface area contributed by atoms with Crippen molar-refractivity contribution in [3.8, 4) is 17.1 Å². The van der Waals surface area contributed by atoms with Gasteiger partial charge in [-0.05, 0) is 48.9 Å². The molecule has 0 saturated carbocycles. The van der Waals surface area contributed by atoms with Crippen LogP contribution in [0.3, 0.4) is 0 Å². The molecular weight excluding hydrogens is 396 g/mol. The van der Waals surface area contributed by atoms with Crippen molar-refractivity contribution in [1.82, 2.24) is 35.0 Å². The first-order chi connectivity index (χ1) is 14.0. The van der Waals surface area contributed by atoms with E-state index in [0.29, 0.717) is 34.7 Å². The molecule has 0 unspecified atom stereocenters. The van der Waals surface area contributed by atoms with Gasteiger partial charge in [-0.15, -0.1) is 25.2 Å². The van der Waals surface area contributed by atoms with Crippen LogP contribution in [0.1, 0.15) is 18.3 Å². The van der Waals surface area contributed by atoms with Crippen LogP contribution in [-0.2, 0) is 12.3 Å². The van der Waals surface area contributed by atoms with Crippen LogP contribution in [0.15, 0.2) is 47.6 Å². The molecule has 4 rings (SSSR count). The van der Waals surface area contributed by atoms with Crippen molar-refractivity contribution in [2.24, 2.45) is 0 Å². The quantitative estimate of drug-likeness (QED) is 0.448. The molecule has 0 spiro atoms. The van der Waals surface area contributed by atoms with Gasteiger partial charge in [0.05, 0.1) is 11.4 Å². The van der Waals surface area contributed by atoms with Gasteiger partial charge in [-0.3, -0.25) is 0 Å². The Bertz CT molecular complexity index is 1130. The first-order valence-electron chi connectivity index (χ1n) is 8.92. The number of benzene rings is 2. The van der Waals surface area contributed by atoms with Crippen molar-refractivity contribution in [1.29, 1.82) is 0 Å². The van der Waals surface area contributed by atoms with Crippen molar-refractivity contribution < 1.29 is 8.78 Å². The zero-order valence-electron chi connectivity index (χ0n) is 15.8. The number of aromatic nitrogens is 7. The molecule has 29 heavy (non-hydrogen) atoms. The van der Waals surface area contributed by atoms with E-state index in [0.717, 1.165) is 17.3 Å². The smallest absolute Gasteiger partial charge is 0.191 e. The van der Waals surface area contributed by atoms with E-state index in [9.17, 15) is 8.78 Å². The molecule has 2 heterocycles. The van der Waals surface area contributed by atoms with E-state index in [-0.39, 0.29) is 0 Å². The summed E-state index contributed by atoms with van der Waals surface area (Å²) in [5.41, 5.74) is 2.28. The van der Waals surface area contributed by atoms with Crippen molar-refractivity contribution in [2.75, 3.05) is 0 Å². The van der Waals surface area contributed by atoms with Crippen LogP contribution in [-0.4, -0.2) is 35.0 Å². The third-order valence-corrected chi connectivity index (χ3v) is 5.13. The number of tetrazole rings is 1. The Morgan fingerprint density at radius 2 is 1.79 bits per heavy atom. The zero-order chi connectivity index (χ0) is 20.4. The Kier molecular flexibility index (Phi) is 5.34. The summed E-state index contributed by atoms with van der Waals surface area (Å²) in [4.78, 5) is 1.48. The molecular formula is C19H17F2N7S. The third-order valence-electron chi connectivity index (χ3n) is 4.17. The van der Waals surface area contributed by atoms with Gasteiger partial charge < -0.3 is 4.57 Å². The monoisotopic (exact) mass is 413 g/mol. The molecule has 0 amide bonds. The number of rotatable bonds is 6. The minimum atomic E-state index is -0.656. The minimum Gasteiger partial charge on any atom is -0.302 e. The summed E-state index contributed by atoms with van der Waals surface area (Å²) >= 11 is 1.38. The van der Waals surface area contributed by atoms with Crippen molar-refractivity contribution in [2.45, 2.75) is 31.3 Å². The molecule has 0 radical (unpaired) electrons. The van der Waals surface area contributed by atoms with Crippen LogP contribution in [0.5, 0.6) is 0 Å². The molecule has 2 aromatic heterocycles. The summed E-state index contributed by atoms with van der Waals surface area (Å²) in [5, 5.41) is 21.5. The molecule has 0 aliphatic carbocycles. The SMILES string of the molecule is CCn1c(SCc2nnn(-c3cccc(C)c3)n2)nnc1-c1cc(F)cc(F)c1. The Hall–Kier alpha value is -3.14. The number of hydrogen-bond donors (Lipinski definition) is 0. The van der Waals surface area contributed by atoms with E-state index in [2.05, 4.69) is 25.6 Å². The molecule has 7 nitrogen and oxygen atoms in total. The summed E-state index contributed by atoms with van der Waals surface area (Å²) < 4.78 is 28.9. The van der Waals surface area contributed by atoms with Gasteiger partial charge in [0.25, 0.3) is 0 Å². The Morgan fingerprint density at radius 1 is 1.00 bits per heavy atom. The summed E-state index contributed by atoms with van der Waals surface area (Å²) in [5.74, 6) is 0.0699. The van der Waals surface area contributed by atoms with Crippen LogP contribution in [0.25, 0.3) is 17.1 Å². The van der Waals surface area contributed by atoms with Gasteiger partial charge in [-0.25, -0.2) is 8.78 Å². The standard InChI is InChI=1S/C19H17F2N7S/c1-3-27-18(13-8-14(20)10-15(21)9-13)23-24-19(27)29-11-17-22-26-28(25-17)16-6-4-5-12(2)7-16/h4-10H,3,11H2,1-2H3. The number of hydrogen-bond acceptors (Lipinski definition) is 6. The van der Waals surface area contributed by atoms with Gasteiger partial charge in [0.2, 0.25) is 0 Å². The molecule has 0 aliphatic rings. The lowest BCUT2D eigenvalue weighted by Gasteiger charge is -2.07. The number of nitrogens with zero attached hydrogens (tertiary/aromatic N) is 7. The highest BCUT2D eigenvalue weighted by Crippen LogP contribution is 2.26. The number of aryl methyl sites for hydroxylation is 1. The highest BCUT2D eigenvalue weighted by atomic mass is 32.2. The van der Waals surface area contributed by atoms with Gasteiger partial charge in [-0.1, -0.05) is 23.9 Å². The van der Waals surface area contributed by atoms with E-state index in [1.54, 1.807) is 4.57 Å². The molecule has 0 fully saturated rings. The lowest BCUT2D eigenvalue weighted by atomic mass is 10.2. The Morgan fingerprint density at radius 3 is 2.52 bits per heavy atom. The van der Waals surface area contributed by atoms with E-state index >= 15 is 0 Å². The second kappa shape index (κ2) is 8.08. The zero-order valence-corrected chi connectivity index (χ0v) is 16.6.